The van der Waals surface area contributed by atoms with Gasteiger partial charge in [0.1, 0.15) is 5.75 Å². The van der Waals surface area contributed by atoms with Gasteiger partial charge in [0, 0.05) is 24.1 Å². The van der Waals surface area contributed by atoms with Crippen molar-refractivity contribution in [2.45, 2.75) is 19.3 Å². The number of likely N-dealkylation sites (tertiary alicyclic amines) is 1. The number of benzene rings is 1. The third-order valence-electron chi connectivity index (χ3n) is 3.85. The third-order valence-corrected chi connectivity index (χ3v) is 3.85. The average molecular weight is 313 g/mol. The van der Waals surface area contributed by atoms with Crippen LogP contribution in [0.3, 0.4) is 0 Å². The first-order valence-corrected chi connectivity index (χ1v) is 7.97. The molecule has 0 bridgehead atoms. The van der Waals surface area contributed by atoms with Gasteiger partial charge >= 0.3 is 0 Å². The van der Waals surface area contributed by atoms with Crippen LogP contribution >= 0.6 is 0 Å². The van der Waals surface area contributed by atoms with Gasteiger partial charge in [0.25, 0.3) is 5.91 Å². The molecule has 0 atom stereocenters. The lowest BCUT2D eigenvalue weighted by Gasteiger charge is -2.22. The van der Waals surface area contributed by atoms with Crippen molar-refractivity contribution in [3.8, 4) is 11.6 Å². The summed E-state index contributed by atoms with van der Waals surface area (Å²) in [6, 6.07) is 7.31. The highest BCUT2D eigenvalue weighted by Gasteiger charge is 2.17. The van der Waals surface area contributed by atoms with Crippen molar-refractivity contribution < 1.29 is 14.4 Å². The highest BCUT2D eigenvalue weighted by molar-refractivity contribution is 5.91. The molecule has 0 spiro atoms. The number of anilines is 1. The van der Waals surface area contributed by atoms with Gasteiger partial charge < -0.3 is 15.0 Å². The van der Waals surface area contributed by atoms with E-state index in [0.717, 1.165) is 18.8 Å². The number of aromatic nitrogens is 2. The minimum atomic E-state index is 0.0403. The van der Waals surface area contributed by atoms with E-state index in [1.807, 2.05) is 18.2 Å². The molecule has 3 rings (SSSR count). The second-order valence-electron chi connectivity index (χ2n) is 5.71. The Bertz CT molecular complexity index is 642. The van der Waals surface area contributed by atoms with Crippen LogP contribution in [0.15, 0.2) is 42.9 Å². The zero-order chi connectivity index (χ0) is 15.9. The van der Waals surface area contributed by atoms with Crippen molar-refractivity contribution in [3.63, 3.8) is 0 Å². The smallest absolute Gasteiger partial charge is 0.279 e. The maximum atomic E-state index is 12.2. The lowest BCUT2D eigenvalue weighted by molar-refractivity contribution is -0.896. The van der Waals surface area contributed by atoms with Crippen LogP contribution in [0, 0.1) is 0 Å². The Kier molecular flexibility index (Phi) is 5.16. The quantitative estimate of drug-likeness (QED) is 0.872. The van der Waals surface area contributed by atoms with Gasteiger partial charge in [0.05, 0.1) is 19.3 Å². The summed E-state index contributed by atoms with van der Waals surface area (Å²) in [6.45, 7) is 2.70. The Morgan fingerprint density at radius 2 is 2.09 bits per heavy atom. The fourth-order valence-corrected chi connectivity index (χ4v) is 2.76. The van der Waals surface area contributed by atoms with E-state index in [2.05, 4.69) is 15.3 Å². The number of amides is 1. The number of carbonyl (C=O) groups excluding carboxylic acids is 1. The number of nitrogens with zero attached hydrogens (tertiary/aromatic N) is 2. The lowest BCUT2D eigenvalue weighted by atomic mass is 10.1. The number of hydrogen-bond donors (Lipinski definition) is 2. The van der Waals surface area contributed by atoms with Crippen LogP contribution in [-0.2, 0) is 4.79 Å². The van der Waals surface area contributed by atoms with E-state index in [9.17, 15) is 4.79 Å². The average Bonchev–Trinajstić information content (AvgIpc) is 2.57. The van der Waals surface area contributed by atoms with Crippen LogP contribution in [0.1, 0.15) is 19.3 Å². The van der Waals surface area contributed by atoms with Crippen molar-refractivity contribution in [2.75, 3.05) is 25.0 Å². The number of hydrogen-bond acceptors (Lipinski definition) is 4. The predicted molar refractivity (Wildman–Crippen MR) is 86.6 cm³/mol. The molecule has 1 aromatic heterocycles. The van der Waals surface area contributed by atoms with E-state index >= 15 is 0 Å². The van der Waals surface area contributed by atoms with Crippen LogP contribution in [0.25, 0.3) is 0 Å². The van der Waals surface area contributed by atoms with Crippen LogP contribution in [-0.4, -0.2) is 35.5 Å². The molecule has 120 valence electrons. The Morgan fingerprint density at radius 3 is 2.87 bits per heavy atom. The Morgan fingerprint density at radius 1 is 1.22 bits per heavy atom. The molecule has 1 aromatic carbocycles. The SMILES string of the molecule is O=C(C[NH+]1CCCCC1)Nc1cccc(Oc2cnccn2)c1. The summed E-state index contributed by atoms with van der Waals surface area (Å²) in [6.07, 6.45) is 8.42. The number of rotatable bonds is 5. The number of quaternary nitrogens is 1. The normalized spacial score (nSPS) is 15.1. The minimum absolute atomic E-state index is 0.0403. The molecule has 1 aliphatic heterocycles. The topological polar surface area (TPSA) is 68.5 Å². The van der Waals surface area contributed by atoms with Crippen LogP contribution in [0.2, 0.25) is 0 Å². The molecule has 2 N–H and O–H groups in total. The highest BCUT2D eigenvalue weighted by Crippen LogP contribution is 2.21. The largest absolute Gasteiger partial charge is 0.437 e. The first kappa shape index (κ1) is 15.4. The molecule has 6 heteroatoms. The molecule has 23 heavy (non-hydrogen) atoms. The van der Waals surface area contributed by atoms with Gasteiger partial charge in [-0.15, -0.1) is 0 Å². The molecule has 1 fully saturated rings. The van der Waals surface area contributed by atoms with E-state index in [-0.39, 0.29) is 5.91 Å². The number of piperidine rings is 1. The summed E-state index contributed by atoms with van der Waals surface area (Å²) >= 11 is 0. The van der Waals surface area contributed by atoms with Gasteiger partial charge in [-0.05, 0) is 31.4 Å². The Hall–Kier alpha value is -2.47. The predicted octanol–water partition coefficient (Wildman–Crippen LogP) is 1.28. The number of nitrogens with one attached hydrogen (secondary N) is 2. The molecule has 1 aliphatic rings. The van der Waals surface area contributed by atoms with E-state index in [4.69, 9.17) is 4.74 Å². The second kappa shape index (κ2) is 7.69. The molecule has 0 aliphatic carbocycles. The molecular weight excluding hydrogens is 292 g/mol. The van der Waals surface area contributed by atoms with Gasteiger partial charge in [0.2, 0.25) is 5.88 Å². The monoisotopic (exact) mass is 313 g/mol. The molecular formula is C17H21N4O2+. The molecule has 0 saturated carbocycles. The van der Waals surface area contributed by atoms with Crippen molar-refractivity contribution in [1.82, 2.24) is 9.97 Å². The van der Waals surface area contributed by atoms with E-state index < -0.39 is 0 Å². The highest BCUT2D eigenvalue weighted by atomic mass is 16.5. The standard InChI is InChI=1S/C17H20N4O2/c22-16(13-21-9-2-1-3-10-21)20-14-5-4-6-15(11-14)23-17-12-18-7-8-19-17/h4-8,11-12H,1-3,9-10,13H2,(H,20,22)/p+1. The van der Waals surface area contributed by atoms with Gasteiger partial charge in [-0.3, -0.25) is 9.78 Å². The fraction of sp³-hybridized carbons (Fsp3) is 0.353. The fourth-order valence-electron chi connectivity index (χ4n) is 2.76. The number of carbonyl (C=O) groups is 1. The van der Waals surface area contributed by atoms with Crippen molar-refractivity contribution in [2.24, 2.45) is 0 Å². The summed E-state index contributed by atoms with van der Waals surface area (Å²) < 4.78 is 5.62. The second-order valence-corrected chi connectivity index (χ2v) is 5.71. The summed E-state index contributed by atoms with van der Waals surface area (Å²) in [5.41, 5.74) is 0.729. The van der Waals surface area contributed by atoms with Gasteiger partial charge in [0.15, 0.2) is 6.54 Å². The van der Waals surface area contributed by atoms with Crippen molar-refractivity contribution >= 4 is 11.6 Å². The van der Waals surface area contributed by atoms with Crippen molar-refractivity contribution in [3.05, 3.63) is 42.9 Å². The van der Waals surface area contributed by atoms with E-state index in [1.54, 1.807) is 24.7 Å². The van der Waals surface area contributed by atoms with Crippen molar-refractivity contribution in [1.29, 1.82) is 0 Å². The maximum Gasteiger partial charge on any atom is 0.279 e. The Balaban J connectivity index is 1.57. The third kappa shape index (κ3) is 4.75. The first-order chi connectivity index (χ1) is 11.3. The zero-order valence-electron chi connectivity index (χ0n) is 13.0. The zero-order valence-corrected chi connectivity index (χ0v) is 13.0. The first-order valence-electron chi connectivity index (χ1n) is 7.97. The Labute approximate surface area is 135 Å². The summed E-state index contributed by atoms with van der Waals surface area (Å²) in [5.74, 6) is 1.08. The van der Waals surface area contributed by atoms with Gasteiger partial charge in [-0.25, -0.2) is 4.98 Å². The van der Waals surface area contributed by atoms with Gasteiger partial charge in [-0.1, -0.05) is 6.07 Å². The van der Waals surface area contributed by atoms with Crippen LogP contribution in [0.4, 0.5) is 5.69 Å². The summed E-state index contributed by atoms with van der Waals surface area (Å²) in [5, 5.41) is 2.94. The lowest BCUT2D eigenvalue weighted by Crippen LogP contribution is -3.13. The molecule has 6 nitrogen and oxygen atoms in total. The van der Waals surface area contributed by atoms with E-state index in [0.29, 0.717) is 18.2 Å². The molecule has 1 saturated heterocycles. The minimum Gasteiger partial charge on any atom is -0.437 e. The molecule has 2 heterocycles. The molecule has 1 amide bonds. The summed E-state index contributed by atoms with van der Waals surface area (Å²) in [7, 11) is 0. The summed E-state index contributed by atoms with van der Waals surface area (Å²) in [4.78, 5) is 21.5. The molecule has 0 radical (unpaired) electrons. The van der Waals surface area contributed by atoms with Crippen LogP contribution < -0.4 is 15.0 Å². The molecule has 0 unspecified atom stereocenters. The van der Waals surface area contributed by atoms with Crippen LogP contribution in [0.5, 0.6) is 11.6 Å². The maximum absolute atomic E-state index is 12.2. The molecule has 2 aromatic rings. The number of ether oxygens (including phenoxy) is 1. The van der Waals surface area contributed by atoms with E-state index in [1.165, 1.54) is 24.2 Å². The van der Waals surface area contributed by atoms with Gasteiger partial charge in [-0.2, -0.15) is 0 Å².